The number of phenols is 1. The topological polar surface area (TPSA) is 32.3 Å². The number of halogens is 2. The molecule has 2 rings (SSSR count). The molecule has 0 radical (unpaired) electrons. The minimum absolute atomic E-state index is 0.152. The Morgan fingerprint density at radius 3 is 2.58 bits per heavy atom. The first-order valence-electron chi connectivity index (χ1n) is 6.03. The van der Waals surface area contributed by atoms with Gasteiger partial charge in [-0.15, -0.1) is 0 Å². The largest absolute Gasteiger partial charge is 0.506 e. The van der Waals surface area contributed by atoms with Gasteiger partial charge >= 0.3 is 0 Å². The molecule has 2 aromatic carbocycles. The quantitative estimate of drug-likeness (QED) is 0.848. The molecule has 1 unspecified atom stereocenters. The zero-order chi connectivity index (χ0) is 13.8. The summed E-state index contributed by atoms with van der Waals surface area (Å²) in [5.74, 6) is 0.152. The monoisotopic (exact) mass is 339 g/mol. The van der Waals surface area contributed by atoms with E-state index in [9.17, 15) is 5.11 Å². The maximum absolute atomic E-state index is 9.84. The van der Waals surface area contributed by atoms with Crippen molar-refractivity contribution >= 4 is 27.5 Å². The van der Waals surface area contributed by atoms with Crippen molar-refractivity contribution in [2.45, 2.75) is 19.5 Å². The molecule has 0 aliphatic heterocycles. The van der Waals surface area contributed by atoms with Crippen molar-refractivity contribution in [3.63, 3.8) is 0 Å². The lowest BCUT2D eigenvalue weighted by atomic mass is 10.1. The highest BCUT2D eigenvalue weighted by Crippen LogP contribution is 2.27. The van der Waals surface area contributed by atoms with Crippen LogP contribution in [0.2, 0.25) is 5.02 Å². The first-order chi connectivity index (χ1) is 9.08. The predicted octanol–water partition coefficient (Wildman–Crippen LogP) is 4.66. The smallest absolute Gasteiger partial charge is 0.138 e. The molecule has 1 atom stereocenters. The Hall–Kier alpha value is -1.03. The van der Waals surface area contributed by atoms with E-state index in [0.717, 1.165) is 10.0 Å². The van der Waals surface area contributed by atoms with E-state index in [0.29, 0.717) is 11.6 Å². The molecule has 19 heavy (non-hydrogen) atoms. The average Bonchev–Trinajstić information content (AvgIpc) is 2.41. The predicted molar refractivity (Wildman–Crippen MR) is 82.5 cm³/mol. The van der Waals surface area contributed by atoms with Crippen LogP contribution in [0.25, 0.3) is 0 Å². The number of para-hydroxylation sites is 1. The first-order valence-corrected chi connectivity index (χ1v) is 7.20. The van der Waals surface area contributed by atoms with Crippen LogP contribution in [0.3, 0.4) is 0 Å². The van der Waals surface area contributed by atoms with Crippen LogP contribution in [0, 0.1) is 0 Å². The standard InChI is InChI=1S/C15H15BrClNO/c1-10(11-5-7-13(16)8-6-11)18-9-12-3-2-4-14(17)15(12)19/h2-8,10,18-19H,9H2,1H3. The summed E-state index contributed by atoms with van der Waals surface area (Å²) in [4.78, 5) is 0. The maximum Gasteiger partial charge on any atom is 0.138 e. The third-order valence-electron chi connectivity index (χ3n) is 3.04. The van der Waals surface area contributed by atoms with Crippen LogP contribution in [0.1, 0.15) is 24.1 Å². The van der Waals surface area contributed by atoms with Crippen LogP contribution >= 0.6 is 27.5 Å². The van der Waals surface area contributed by atoms with Gasteiger partial charge in [0.15, 0.2) is 0 Å². The molecule has 2 N–H and O–H groups in total. The Bertz CT molecular complexity index is 557. The van der Waals surface area contributed by atoms with Gasteiger partial charge in [-0.3, -0.25) is 0 Å². The van der Waals surface area contributed by atoms with E-state index >= 15 is 0 Å². The molecular weight excluding hydrogens is 326 g/mol. The molecule has 0 heterocycles. The fraction of sp³-hybridized carbons (Fsp3) is 0.200. The molecule has 0 saturated carbocycles. The molecule has 4 heteroatoms. The molecule has 0 spiro atoms. The molecule has 0 aromatic heterocycles. The molecule has 0 fully saturated rings. The third kappa shape index (κ3) is 3.72. The Labute approximate surface area is 126 Å². The Morgan fingerprint density at radius 1 is 1.21 bits per heavy atom. The van der Waals surface area contributed by atoms with Crippen molar-refractivity contribution in [3.8, 4) is 5.75 Å². The van der Waals surface area contributed by atoms with Crippen molar-refractivity contribution in [1.29, 1.82) is 0 Å². The minimum Gasteiger partial charge on any atom is -0.506 e. The van der Waals surface area contributed by atoms with E-state index in [1.165, 1.54) is 5.56 Å². The number of hydrogen-bond acceptors (Lipinski definition) is 2. The van der Waals surface area contributed by atoms with Gasteiger partial charge in [0.05, 0.1) is 5.02 Å². The molecule has 2 aromatic rings. The van der Waals surface area contributed by atoms with Crippen LogP contribution in [0.15, 0.2) is 46.9 Å². The molecular formula is C15H15BrClNO. The molecule has 0 amide bonds. The van der Waals surface area contributed by atoms with Crippen molar-refractivity contribution < 1.29 is 5.11 Å². The normalized spacial score (nSPS) is 12.4. The fourth-order valence-corrected chi connectivity index (χ4v) is 2.29. The second-order valence-corrected chi connectivity index (χ2v) is 5.72. The molecule has 0 aliphatic rings. The van der Waals surface area contributed by atoms with Crippen molar-refractivity contribution in [2.75, 3.05) is 0 Å². The van der Waals surface area contributed by atoms with Crippen molar-refractivity contribution in [2.24, 2.45) is 0 Å². The number of nitrogens with one attached hydrogen (secondary N) is 1. The van der Waals surface area contributed by atoms with E-state index in [4.69, 9.17) is 11.6 Å². The second kappa shape index (κ2) is 6.42. The second-order valence-electron chi connectivity index (χ2n) is 4.40. The van der Waals surface area contributed by atoms with Crippen LogP contribution < -0.4 is 5.32 Å². The fourth-order valence-electron chi connectivity index (χ4n) is 1.84. The molecule has 0 bridgehead atoms. The number of phenolic OH excluding ortho intramolecular Hbond substituents is 1. The summed E-state index contributed by atoms with van der Waals surface area (Å²) in [6.45, 7) is 2.66. The zero-order valence-corrected chi connectivity index (χ0v) is 12.9. The van der Waals surface area contributed by atoms with E-state index in [1.807, 2.05) is 24.3 Å². The average molecular weight is 341 g/mol. The summed E-state index contributed by atoms with van der Waals surface area (Å²) < 4.78 is 1.07. The van der Waals surface area contributed by atoms with Crippen LogP contribution in [0.5, 0.6) is 5.75 Å². The van der Waals surface area contributed by atoms with E-state index in [-0.39, 0.29) is 11.8 Å². The highest BCUT2D eigenvalue weighted by molar-refractivity contribution is 9.10. The van der Waals surface area contributed by atoms with Gasteiger partial charge in [-0.1, -0.05) is 51.8 Å². The van der Waals surface area contributed by atoms with Crippen LogP contribution in [-0.2, 0) is 6.54 Å². The summed E-state index contributed by atoms with van der Waals surface area (Å²) in [6.07, 6.45) is 0. The third-order valence-corrected chi connectivity index (χ3v) is 3.87. The highest BCUT2D eigenvalue weighted by Gasteiger charge is 2.08. The summed E-state index contributed by atoms with van der Waals surface area (Å²) >= 11 is 9.30. The Balaban J connectivity index is 2.02. The van der Waals surface area contributed by atoms with Crippen LogP contribution in [0.4, 0.5) is 0 Å². The maximum atomic E-state index is 9.84. The molecule has 0 aliphatic carbocycles. The molecule has 100 valence electrons. The van der Waals surface area contributed by atoms with Crippen molar-refractivity contribution in [3.05, 3.63) is 63.1 Å². The first kappa shape index (κ1) is 14.4. The SMILES string of the molecule is CC(NCc1cccc(Cl)c1O)c1ccc(Br)cc1. The number of hydrogen-bond donors (Lipinski definition) is 2. The van der Waals surface area contributed by atoms with Gasteiger partial charge in [0, 0.05) is 22.6 Å². The summed E-state index contributed by atoms with van der Waals surface area (Å²) in [5, 5.41) is 13.6. The van der Waals surface area contributed by atoms with Gasteiger partial charge in [-0.05, 0) is 30.7 Å². The van der Waals surface area contributed by atoms with Gasteiger partial charge < -0.3 is 10.4 Å². The highest BCUT2D eigenvalue weighted by atomic mass is 79.9. The van der Waals surface area contributed by atoms with Gasteiger partial charge in [-0.25, -0.2) is 0 Å². The van der Waals surface area contributed by atoms with E-state index in [2.05, 4.69) is 40.3 Å². The van der Waals surface area contributed by atoms with Crippen LogP contribution in [-0.4, -0.2) is 5.11 Å². The Morgan fingerprint density at radius 2 is 1.89 bits per heavy atom. The number of aromatic hydroxyl groups is 1. The lowest BCUT2D eigenvalue weighted by Crippen LogP contribution is -2.18. The minimum atomic E-state index is 0.152. The lowest BCUT2D eigenvalue weighted by Gasteiger charge is -2.15. The van der Waals surface area contributed by atoms with Gasteiger partial charge in [0.2, 0.25) is 0 Å². The van der Waals surface area contributed by atoms with E-state index in [1.54, 1.807) is 6.07 Å². The van der Waals surface area contributed by atoms with Gasteiger partial charge in [0.1, 0.15) is 5.75 Å². The van der Waals surface area contributed by atoms with Gasteiger partial charge in [-0.2, -0.15) is 0 Å². The Kier molecular flexibility index (Phi) is 4.86. The summed E-state index contributed by atoms with van der Waals surface area (Å²) in [6, 6.07) is 13.8. The summed E-state index contributed by atoms with van der Waals surface area (Å²) in [7, 11) is 0. The zero-order valence-electron chi connectivity index (χ0n) is 10.5. The number of benzene rings is 2. The van der Waals surface area contributed by atoms with Crippen molar-refractivity contribution in [1.82, 2.24) is 5.32 Å². The number of rotatable bonds is 4. The molecule has 2 nitrogen and oxygen atoms in total. The molecule has 0 saturated heterocycles. The van der Waals surface area contributed by atoms with Gasteiger partial charge in [0.25, 0.3) is 0 Å². The lowest BCUT2D eigenvalue weighted by molar-refractivity contribution is 0.460. The summed E-state index contributed by atoms with van der Waals surface area (Å²) in [5.41, 5.74) is 2.00. The van der Waals surface area contributed by atoms with E-state index < -0.39 is 0 Å².